The van der Waals surface area contributed by atoms with Crippen LogP contribution in [-0.4, -0.2) is 124 Å². The summed E-state index contributed by atoms with van der Waals surface area (Å²) in [5.74, 6) is 0.0493. The molecule has 5 N–H and O–H groups in total. The van der Waals surface area contributed by atoms with E-state index in [9.17, 15) is 25.2 Å². The SMILES string of the molecule is O=C1C2CCN(CC2)[C@H]1[C@H]([C@H](O)[C@@H](O)[C@H](O)[C@H](O)CO)N1CCOCC1. The number of carbonyl (C=O) groups excluding carboxylic acids is 1. The maximum atomic E-state index is 12.9. The minimum atomic E-state index is -1.70. The van der Waals surface area contributed by atoms with E-state index in [0.717, 1.165) is 25.9 Å². The molecule has 4 heterocycles. The lowest BCUT2D eigenvalue weighted by Crippen LogP contribution is -2.69. The van der Waals surface area contributed by atoms with Crippen molar-refractivity contribution in [1.29, 1.82) is 0 Å². The Hall–Kier alpha value is -0.650. The summed E-state index contributed by atoms with van der Waals surface area (Å²) < 4.78 is 5.36. The Kier molecular flexibility index (Phi) is 6.63. The molecule has 0 radical (unpaired) electrons. The second-order valence-corrected chi connectivity index (χ2v) is 7.52. The van der Waals surface area contributed by atoms with Crippen molar-refractivity contribution in [2.45, 2.75) is 49.3 Å². The summed E-state index contributed by atoms with van der Waals surface area (Å²) in [5, 5.41) is 50.0. The van der Waals surface area contributed by atoms with Gasteiger partial charge in [0.25, 0.3) is 0 Å². The third-order valence-corrected chi connectivity index (χ3v) is 6.04. The number of carbonyl (C=O) groups is 1. The Morgan fingerprint density at radius 2 is 1.58 bits per heavy atom. The molecule has 0 aliphatic carbocycles. The number of nitrogens with zero attached hydrogens (tertiary/aromatic N) is 2. The third kappa shape index (κ3) is 3.81. The monoisotopic (exact) mass is 374 g/mol. The average Bonchev–Trinajstić information content (AvgIpc) is 2.69. The van der Waals surface area contributed by atoms with Crippen LogP contribution < -0.4 is 0 Å². The van der Waals surface area contributed by atoms with E-state index in [1.165, 1.54) is 0 Å². The summed E-state index contributed by atoms with van der Waals surface area (Å²) >= 11 is 0. The van der Waals surface area contributed by atoms with E-state index < -0.39 is 43.1 Å². The molecule has 4 aliphatic rings. The van der Waals surface area contributed by atoms with Gasteiger partial charge in [-0.15, -0.1) is 0 Å². The Bertz CT molecular complexity index is 480. The first kappa shape index (κ1) is 20.1. The normalized spacial score (nSPS) is 35.7. The van der Waals surface area contributed by atoms with Crippen LogP contribution in [0.2, 0.25) is 0 Å². The van der Waals surface area contributed by atoms with Crippen molar-refractivity contribution < 1.29 is 35.1 Å². The smallest absolute Gasteiger partial charge is 0.154 e. The highest BCUT2D eigenvalue weighted by Crippen LogP contribution is 2.34. The lowest BCUT2D eigenvalue weighted by Gasteiger charge is -2.51. The molecule has 9 nitrogen and oxygen atoms in total. The van der Waals surface area contributed by atoms with Gasteiger partial charge < -0.3 is 30.3 Å². The van der Waals surface area contributed by atoms with Gasteiger partial charge in [0, 0.05) is 19.0 Å². The number of rotatable bonds is 7. The molecule has 9 heteroatoms. The molecule has 6 atom stereocenters. The maximum absolute atomic E-state index is 12.9. The zero-order valence-electron chi connectivity index (χ0n) is 14.9. The standard InChI is InChI=1S/C17H30N2O7/c20-9-11(21)15(23)17(25)16(24)13(19-5-7-26-8-6-19)12-14(22)10-1-3-18(12)4-2-10/h10-13,15-17,20-21,23-25H,1-9H2/t11-,12+,13-,15-,16+,17+/m1/s1. The summed E-state index contributed by atoms with van der Waals surface area (Å²) in [6, 6.07) is -1.26. The fourth-order valence-corrected chi connectivity index (χ4v) is 4.49. The number of morpholine rings is 1. The van der Waals surface area contributed by atoms with Crippen LogP contribution in [0.5, 0.6) is 0 Å². The molecule has 0 aromatic carbocycles. The van der Waals surface area contributed by atoms with Gasteiger partial charge in [-0.25, -0.2) is 0 Å². The molecule has 0 saturated carbocycles. The molecule has 0 spiro atoms. The fourth-order valence-electron chi connectivity index (χ4n) is 4.49. The Labute approximate surface area is 152 Å². The van der Waals surface area contributed by atoms with Crippen molar-refractivity contribution in [3.63, 3.8) is 0 Å². The van der Waals surface area contributed by atoms with Crippen LogP contribution in [0.15, 0.2) is 0 Å². The molecule has 4 rings (SSSR count). The summed E-state index contributed by atoms with van der Waals surface area (Å²) in [7, 11) is 0. The van der Waals surface area contributed by atoms with Crippen LogP contribution in [-0.2, 0) is 9.53 Å². The van der Waals surface area contributed by atoms with Crippen LogP contribution in [0.1, 0.15) is 12.8 Å². The zero-order valence-corrected chi connectivity index (χ0v) is 14.9. The number of ether oxygens (including phenoxy) is 1. The Morgan fingerprint density at radius 3 is 2.12 bits per heavy atom. The highest BCUT2D eigenvalue weighted by molar-refractivity contribution is 5.88. The van der Waals surface area contributed by atoms with Crippen LogP contribution in [0.4, 0.5) is 0 Å². The van der Waals surface area contributed by atoms with E-state index in [4.69, 9.17) is 9.84 Å². The summed E-state index contributed by atoms with van der Waals surface area (Å²) in [5.41, 5.74) is 0. The minimum absolute atomic E-state index is 0.0224. The zero-order chi connectivity index (χ0) is 18.8. The Morgan fingerprint density at radius 1 is 0.962 bits per heavy atom. The molecular formula is C17H30N2O7. The third-order valence-electron chi connectivity index (χ3n) is 6.04. The van der Waals surface area contributed by atoms with Crippen molar-refractivity contribution >= 4 is 5.78 Å². The van der Waals surface area contributed by atoms with Gasteiger partial charge in [-0.3, -0.25) is 14.6 Å². The molecule has 150 valence electrons. The second-order valence-electron chi connectivity index (χ2n) is 7.52. The number of fused-ring (bicyclic) bond motifs is 3. The summed E-state index contributed by atoms with van der Waals surface area (Å²) in [6.07, 6.45) is -4.77. The van der Waals surface area contributed by atoms with Gasteiger partial charge in [-0.1, -0.05) is 0 Å². The van der Waals surface area contributed by atoms with Gasteiger partial charge in [0.1, 0.15) is 18.3 Å². The number of piperidine rings is 3. The number of aliphatic hydroxyl groups excluding tert-OH is 5. The highest BCUT2D eigenvalue weighted by atomic mass is 16.5. The number of ketones is 1. The van der Waals surface area contributed by atoms with E-state index in [1.807, 2.05) is 9.80 Å². The summed E-state index contributed by atoms with van der Waals surface area (Å²) in [4.78, 5) is 16.9. The van der Waals surface area contributed by atoms with Gasteiger partial charge in [-0.2, -0.15) is 0 Å². The van der Waals surface area contributed by atoms with Crippen LogP contribution in [0.3, 0.4) is 0 Å². The highest BCUT2D eigenvalue weighted by Gasteiger charge is 2.51. The van der Waals surface area contributed by atoms with Crippen molar-refractivity contribution in [1.82, 2.24) is 9.80 Å². The van der Waals surface area contributed by atoms with E-state index in [2.05, 4.69) is 0 Å². The molecule has 26 heavy (non-hydrogen) atoms. The maximum Gasteiger partial charge on any atom is 0.154 e. The fraction of sp³-hybridized carbons (Fsp3) is 0.941. The van der Waals surface area contributed by atoms with E-state index >= 15 is 0 Å². The predicted octanol–water partition coefficient (Wildman–Crippen LogP) is -3.21. The van der Waals surface area contributed by atoms with E-state index in [1.54, 1.807) is 0 Å². The van der Waals surface area contributed by atoms with E-state index in [0.29, 0.717) is 26.3 Å². The molecular weight excluding hydrogens is 344 g/mol. The summed E-state index contributed by atoms with van der Waals surface area (Å²) in [6.45, 7) is 2.75. The lowest BCUT2D eigenvalue weighted by atomic mass is 9.76. The molecule has 0 unspecified atom stereocenters. The van der Waals surface area contributed by atoms with Crippen LogP contribution in [0, 0.1) is 5.92 Å². The largest absolute Gasteiger partial charge is 0.394 e. The van der Waals surface area contributed by atoms with Crippen molar-refractivity contribution in [2.24, 2.45) is 5.92 Å². The molecule has 2 bridgehead atoms. The average molecular weight is 374 g/mol. The number of hydrogen-bond donors (Lipinski definition) is 5. The molecule has 4 aliphatic heterocycles. The quantitative estimate of drug-likeness (QED) is 0.312. The number of aliphatic hydroxyl groups is 5. The first-order chi connectivity index (χ1) is 12.5. The van der Waals surface area contributed by atoms with Gasteiger partial charge in [0.15, 0.2) is 5.78 Å². The van der Waals surface area contributed by atoms with Gasteiger partial charge in [-0.05, 0) is 25.9 Å². The Balaban J connectivity index is 1.84. The van der Waals surface area contributed by atoms with Gasteiger partial charge in [0.05, 0.1) is 38.0 Å². The van der Waals surface area contributed by atoms with Crippen LogP contribution in [0.25, 0.3) is 0 Å². The van der Waals surface area contributed by atoms with Crippen molar-refractivity contribution in [3.8, 4) is 0 Å². The van der Waals surface area contributed by atoms with Crippen molar-refractivity contribution in [2.75, 3.05) is 46.0 Å². The molecule has 0 aromatic rings. The molecule has 0 amide bonds. The van der Waals surface area contributed by atoms with Crippen LogP contribution >= 0.6 is 0 Å². The number of Topliss-reactive ketones (excluding diaryl/α,β-unsaturated/α-hetero) is 1. The lowest BCUT2D eigenvalue weighted by molar-refractivity contribution is -0.164. The predicted molar refractivity (Wildman–Crippen MR) is 90.4 cm³/mol. The molecule has 4 saturated heterocycles. The van der Waals surface area contributed by atoms with Gasteiger partial charge >= 0.3 is 0 Å². The second kappa shape index (κ2) is 8.57. The van der Waals surface area contributed by atoms with Crippen molar-refractivity contribution in [3.05, 3.63) is 0 Å². The topological polar surface area (TPSA) is 134 Å². The van der Waals surface area contributed by atoms with Gasteiger partial charge in [0.2, 0.25) is 0 Å². The first-order valence-corrected chi connectivity index (χ1v) is 9.38. The van der Waals surface area contributed by atoms with E-state index in [-0.39, 0.29) is 11.7 Å². The molecule has 4 fully saturated rings. The molecule has 0 aromatic heterocycles. The minimum Gasteiger partial charge on any atom is -0.394 e. The number of hydrogen-bond acceptors (Lipinski definition) is 9. The first-order valence-electron chi connectivity index (χ1n) is 9.38.